The molecule has 10 aromatic rings. The SMILES string of the molecule is c1ccc(-c2ccc(N(c3ccc(-c4cccc5ccccc45)cc3)c3cccc(C4(c5ccccc5)c5ccccc5-c5ccccc5-c5ccccc54)c3)cc2)cc1. The molecule has 10 aromatic carbocycles. The van der Waals surface area contributed by atoms with Gasteiger partial charge in [0.2, 0.25) is 0 Å². The van der Waals surface area contributed by atoms with E-state index in [2.05, 4.69) is 254 Å². The van der Waals surface area contributed by atoms with Crippen molar-refractivity contribution in [3.05, 3.63) is 271 Å². The number of hydrogen-bond acceptors (Lipinski definition) is 1. The average Bonchev–Trinajstić information content (AvgIpc) is 3.44. The van der Waals surface area contributed by atoms with Crippen LogP contribution in [0.5, 0.6) is 0 Å². The molecule has 60 heavy (non-hydrogen) atoms. The van der Waals surface area contributed by atoms with Crippen LogP contribution < -0.4 is 4.90 Å². The second kappa shape index (κ2) is 14.9. The molecule has 0 amide bonds. The maximum atomic E-state index is 2.43. The van der Waals surface area contributed by atoms with Crippen LogP contribution in [0, 0.1) is 0 Å². The van der Waals surface area contributed by atoms with Gasteiger partial charge in [0.15, 0.2) is 0 Å². The lowest BCUT2D eigenvalue weighted by Crippen LogP contribution is -2.32. The predicted molar refractivity (Wildman–Crippen MR) is 252 cm³/mol. The zero-order chi connectivity index (χ0) is 39.9. The first kappa shape index (κ1) is 35.4. The molecule has 0 fully saturated rings. The van der Waals surface area contributed by atoms with Crippen molar-refractivity contribution in [1.82, 2.24) is 0 Å². The quantitative estimate of drug-likeness (QED) is 0.156. The Morgan fingerprint density at radius 3 is 1.37 bits per heavy atom. The zero-order valence-electron chi connectivity index (χ0n) is 33.1. The first-order chi connectivity index (χ1) is 29.8. The van der Waals surface area contributed by atoms with Crippen molar-refractivity contribution in [3.8, 4) is 44.5 Å². The first-order valence-corrected chi connectivity index (χ1v) is 20.8. The third-order valence-electron chi connectivity index (χ3n) is 12.4. The Labute approximate surface area is 352 Å². The smallest absolute Gasteiger partial charge is 0.0714 e. The summed E-state index contributed by atoms with van der Waals surface area (Å²) in [5.41, 5.74) is 17.4. The van der Waals surface area contributed by atoms with E-state index in [4.69, 9.17) is 0 Å². The van der Waals surface area contributed by atoms with Gasteiger partial charge in [-0.05, 0) is 114 Å². The maximum absolute atomic E-state index is 2.43. The fraction of sp³-hybridized carbons (Fsp3) is 0.0169. The van der Waals surface area contributed by atoms with Gasteiger partial charge >= 0.3 is 0 Å². The zero-order valence-corrected chi connectivity index (χ0v) is 33.1. The van der Waals surface area contributed by atoms with Crippen LogP contribution >= 0.6 is 0 Å². The Balaban J connectivity index is 1.14. The van der Waals surface area contributed by atoms with Gasteiger partial charge in [-0.1, -0.05) is 212 Å². The lowest BCUT2D eigenvalue weighted by atomic mass is 9.63. The normalized spacial score (nSPS) is 12.5. The van der Waals surface area contributed by atoms with Crippen LogP contribution in [-0.2, 0) is 5.41 Å². The Bertz CT molecular complexity index is 3060. The molecule has 1 nitrogen and oxygen atoms in total. The topological polar surface area (TPSA) is 3.24 Å². The minimum absolute atomic E-state index is 0.634. The molecule has 0 atom stereocenters. The fourth-order valence-corrected chi connectivity index (χ4v) is 9.69. The molecule has 0 N–H and O–H groups in total. The van der Waals surface area contributed by atoms with Crippen molar-refractivity contribution in [2.75, 3.05) is 4.90 Å². The van der Waals surface area contributed by atoms with Gasteiger partial charge < -0.3 is 4.90 Å². The van der Waals surface area contributed by atoms with Gasteiger partial charge in [-0.25, -0.2) is 0 Å². The molecule has 0 saturated carbocycles. The summed E-state index contributed by atoms with van der Waals surface area (Å²) in [5.74, 6) is 0. The number of benzene rings is 10. The summed E-state index contributed by atoms with van der Waals surface area (Å²) in [7, 11) is 0. The van der Waals surface area contributed by atoms with Crippen LogP contribution in [0.3, 0.4) is 0 Å². The van der Waals surface area contributed by atoms with Gasteiger partial charge in [0.05, 0.1) is 5.41 Å². The minimum atomic E-state index is -0.634. The third-order valence-corrected chi connectivity index (χ3v) is 12.4. The molecule has 0 saturated heterocycles. The van der Waals surface area contributed by atoms with Crippen molar-refractivity contribution in [2.45, 2.75) is 5.41 Å². The van der Waals surface area contributed by atoms with Crippen molar-refractivity contribution < 1.29 is 0 Å². The van der Waals surface area contributed by atoms with Gasteiger partial charge in [0.1, 0.15) is 0 Å². The summed E-state index contributed by atoms with van der Waals surface area (Å²) in [6.45, 7) is 0. The molecule has 0 radical (unpaired) electrons. The first-order valence-electron chi connectivity index (χ1n) is 20.8. The van der Waals surface area contributed by atoms with E-state index in [1.807, 2.05) is 0 Å². The number of nitrogens with zero attached hydrogens (tertiary/aromatic N) is 1. The van der Waals surface area contributed by atoms with E-state index in [1.165, 1.54) is 77.5 Å². The Morgan fingerprint density at radius 1 is 0.267 bits per heavy atom. The van der Waals surface area contributed by atoms with Gasteiger partial charge in [-0.2, -0.15) is 0 Å². The van der Waals surface area contributed by atoms with E-state index in [1.54, 1.807) is 0 Å². The highest BCUT2D eigenvalue weighted by Gasteiger charge is 2.43. The molecule has 0 spiro atoms. The molecule has 0 aromatic heterocycles. The molecule has 1 heteroatoms. The highest BCUT2D eigenvalue weighted by Crippen LogP contribution is 2.55. The molecule has 11 rings (SSSR count). The third kappa shape index (κ3) is 5.86. The van der Waals surface area contributed by atoms with Crippen LogP contribution in [-0.4, -0.2) is 0 Å². The highest BCUT2D eigenvalue weighted by molar-refractivity contribution is 5.97. The van der Waals surface area contributed by atoms with E-state index in [0.717, 1.165) is 17.1 Å². The van der Waals surface area contributed by atoms with E-state index in [-0.39, 0.29) is 0 Å². The van der Waals surface area contributed by atoms with E-state index in [0.29, 0.717) is 0 Å². The van der Waals surface area contributed by atoms with Crippen molar-refractivity contribution in [2.24, 2.45) is 0 Å². The summed E-state index contributed by atoms with van der Waals surface area (Å²) in [6.07, 6.45) is 0. The average molecular weight is 764 g/mol. The van der Waals surface area contributed by atoms with E-state index >= 15 is 0 Å². The van der Waals surface area contributed by atoms with Crippen LogP contribution in [0.15, 0.2) is 249 Å². The Kier molecular flexibility index (Phi) is 8.79. The lowest BCUT2D eigenvalue weighted by molar-refractivity contribution is 0.751. The summed E-state index contributed by atoms with van der Waals surface area (Å²) in [5, 5.41) is 2.50. The Hall–Kier alpha value is -7.74. The van der Waals surface area contributed by atoms with Crippen molar-refractivity contribution in [3.63, 3.8) is 0 Å². The summed E-state index contributed by atoms with van der Waals surface area (Å²) < 4.78 is 0. The standard InChI is InChI=1S/C59H41N/c1-3-17-42(18-4-1)43-33-37-48(38-34-43)60(49-39-35-45(36-40-49)52-30-15-20-44-19-7-8-25-51(44)52)50-24-16-23-47(41-50)59(46-21-5-2-6-22-46)57-31-13-11-28-55(57)53-26-9-10-27-54(53)56-29-12-14-32-58(56)59/h1-41H. The van der Waals surface area contributed by atoms with E-state index < -0.39 is 5.41 Å². The summed E-state index contributed by atoms with van der Waals surface area (Å²) in [6, 6.07) is 91.3. The largest absolute Gasteiger partial charge is 0.310 e. The van der Waals surface area contributed by atoms with Crippen LogP contribution in [0.1, 0.15) is 22.3 Å². The Morgan fingerprint density at radius 2 is 0.717 bits per heavy atom. The van der Waals surface area contributed by atoms with Gasteiger partial charge in [-0.3, -0.25) is 0 Å². The van der Waals surface area contributed by atoms with Crippen LogP contribution in [0.2, 0.25) is 0 Å². The number of anilines is 3. The summed E-state index contributed by atoms with van der Waals surface area (Å²) in [4.78, 5) is 2.41. The van der Waals surface area contributed by atoms with Gasteiger partial charge in [0, 0.05) is 17.1 Å². The summed E-state index contributed by atoms with van der Waals surface area (Å²) >= 11 is 0. The van der Waals surface area contributed by atoms with Crippen molar-refractivity contribution >= 4 is 27.8 Å². The molecule has 282 valence electrons. The number of rotatable bonds is 7. The molecular formula is C59H41N. The molecule has 0 unspecified atom stereocenters. The monoisotopic (exact) mass is 763 g/mol. The molecule has 0 bridgehead atoms. The fourth-order valence-electron chi connectivity index (χ4n) is 9.69. The minimum Gasteiger partial charge on any atom is -0.310 e. The van der Waals surface area contributed by atoms with Crippen molar-refractivity contribution in [1.29, 1.82) is 0 Å². The number of hydrogen-bond donors (Lipinski definition) is 0. The van der Waals surface area contributed by atoms with E-state index in [9.17, 15) is 0 Å². The second-order valence-electron chi connectivity index (χ2n) is 15.6. The molecule has 0 aliphatic heterocycles. The number of fused-ring (bicyclic) bond motifs is 6. The molecule has 1 aliphatic carbocycles. The maximum Gasteiger partial charge on any atom is 0.0714 e. The molecule has 0 heterocycles. The predicted octanol–water partition coefficient (Wildman–Crippen LogP) is 15.7. The van der Waals surface area contributed by atoms with Crippen LogP contribution in [0.25, 0.3) is 55.3 Å². The van der Waals surface area contributed by atoms with Gasteiger partial charge in [-0.15, -0.1) is 0 Å². The molecule has 1 aliphatic rings. The van der Waals surface area contributed by atoms with Crippen LogP contribution in [0.4, 0.5) is 17.1 Å². The highest BCUT2D eigenvalue weighted by atomic mass is 15.1. The lowest BCUT2D eigenvalue weighted by Gasteiger charge is -2.39. The second-order valence-corrected chi connectivity index (χ2v) is 15.6. The molecular weight excluding hydrogens is 723 g/mol. The van der Waals surface area contributed by atoms with Gasteiger partial charge in [0.25, 0.3) is 0 Å².